The maximum absolute atomic E-state index is 12.9. The van der Waals surface area contributed by atoms with E-state index in [0.29, 0.717) is 22.8 Å². The summed E-state index contributed by atoms with van der Waals surface area (Å²) >= 11 is 7.66. The van der Waals surface area contributed by atoms with Crippen LogP contribution in [-0.4, -0.2) is 50.0 Å². The Balaban J connectivity index is 1.96. The highest BCUT2D eigenvalue weighted by molar-refractivity contribution is 7.98. The number of aliphatic hydroxyl groups excluding tert-OH is 1. The van der Waals surface area contributed by atoms with Crippen molar-refractivity contribution in [1.29, 1.82) is 0 Å². The van der Waals surface area contributed by atoms with Crippen LogP contribution in [0.5, 0.6) is 0 Å². The second-order valence-electron chi connectivity index (χ2n) is 5.99. The predicted octanol–water partition coefficient (Wildman–Crippen LogP) is 3.16. The molecule has 0 saturated heterocycles. The highest BCUT2D eigenvalue weighted by atomic mass is 35.5. The molecule has 3 rings (SSSR count). The number of hydrogen-bond acceptors (Lipinski definition) is 4. The number of benzene rings is 1. The molecule has 0 aliphatic carbocycles. The van der Waals surface area contributed by atoms with Gasteiger partial charge < -0.3 is 15.0 Å². The molecular formula is C19H21ClN4O2S. The van der Waals surface area contributed by atoms with Gasteiger partial charge in [-0.1, -0.05) is 11.6 Å². The largest absolute Gasteiger partial charge is 0.394 e. The maximum atomic E-state index is 12.9. The molecule has 2 N–H and O–H groups in total. The van der Waals surface area contributed by atoms with Gasteiger partial charge in [0.1, 0.15) is 5.56 Å². The van der Waals surface area contributed by atoms with Gasteiger partial charge in [-0.25, -0.2) is 4.68 Å². The van der Waals surface area contributed by atoms with Crippen LogP contribution in [0.2, 0.25) is 5.02 Å². The number of carbonyl (C=O) groups excluding carboxylic acids is 1. The first-order valence-corrected chi connectivity index (χ1v) is 10.3. The van der Waals surface area contributed by atoms with Crippen LogP contribution in [-0.2, 0) is 0 Å². The summed E-state index contributed by atoms with van der Waals surface area (Å²) in [5.41, 5.74) is 1.23. The number of rotatable bonds is 8. The molecule has 2 heterocycles. The summed E-state index contributed by atoms with van der Waals surface area (Å²) in [6.45, 7) is -0.101. The van der Waals surface area contributed by atoms with Crippen LogP contribution < -0.4 is 5.32 Å². The molecule has 1 unspecified atom stereocenters. The zero-order valence-corrected chi connectivity index (χ0v) is 16.5. The van der Waals surface area contributed by atoms with E-state index in [2.05, 4.69) is 10.4 Å². The number of hydrogen-bond donors (Lipinski definition) is 2. The third kappa shape index (κ3) is 4.55. The van der Waals surface area contributed by atoms with E-state index >= 15 is 0 Å². The lowest BCUT2D eigenvalue weighted by atomic mass is 10.2. The summed E-state index contributed by atoms with van der Waals surface area (Å²) in [5.74, 6) is 1.22. The molecule has 0 radical (unpaired) electrons. The third-order valence-corrected chi connectivity index (χ3v) is 5.03. The molecule has 0 bridgehead atoms. The molecule has 3 aromatic rings. The first-order chi connectivity index (χ1) is 13.1. The fraction of sp³-hybridized carbons (Fsp3) is 0.263. The number of nitrogens with one attached hydrogen (secondary N) is 1. The molecule has 0 spiro atoms. The molecule has 142 valence electrons. The molecule has 1 aromatic carbocycles. The van der Waals surface area contributed by atoms with Gasteiger partial charge in [0.15, 0.2) is 5.82 Å². The van der Waals surface area contributed by atoms with Crippen LogP contribution in [0.15, 0.2) is 55.0 Å². The van der Waals surface area contributed by atoms with Gasteiger partial charge in [-0.05, 0) is 54.8 Å². The minimum absolute atomic E-state index is 0.101. The minimum Gasteiger partial charge on any atom is -0.394 e. The Kier molecular flexibility index (Phi) is 6.60. The van der Waals surface area contributed by atoms with Crippen molar-refractivity contribution < 1.29 is 9.90 Å². The van der Waals surface area contributed by atoms with Crippen LogP contribution in [0, 0.1) is 0 Å². The van der Waals surface area contributed by atoms with Crippen LogP contribution in [0.25, 0.3) is 11.5 Å². The van der Waals surface area contributed by atoms with E-state index in [1.807, 2.05) is 47.5 Å². The third-order valence-electron chi connectivity index (χ3n) is 4.13. The molecule has 0 aliphatic heterocycles. The predicted molar refractivity (Wildman–Crippen MR) is 109 cm³/mol. The zero-order valence-electron chi connectivity index (χ0n) is 14.9. The quantitative estimate of drug-likeness (QED) is 0.605. The Bertz CT molecular complexity index is 878. The monoisotopic (exact) mass is 404 g/mol. The highest BCUT2D eigenvalue weighted by Gasteiger charge is 2.22. The van der Waals surface area contributed by atoms with Gasteiger partial charge in [0, 0.05) is 17.4 Å². The van der Waals surface area contributed by atoms with Crippen molar-refractivity contribution in [3.8, 4) is 11.5 Å². The van der Waals surface area contributed by atoms with Crippen molar-refractivity contribution in [2.45, 2.75) is 12.5 Å². The summed E-state index contributed by atoms with van der Waals surface area (Å²) in [6.07, 6.45) is 7.96. The van der Waals surface area contributed by atoms with Crippen LogP contribution in [0.3, 0.4) is 0 Å². The average Bonchev–Trinajstić information content (AvgIpc) is 3.34. The van der Waals surface area contributed by atoms with E-state index in [0.717, 1.165) is 11.4 Å². The van der Waals surface area contributed by atoms with E-state index < -0.39 is 0 Å². The summed E-state index contributed by atoms with van der Waals surface area (Å²) in [7, 11) is 0. The number of amides is 1. The van der Waals surface area contributed by atoms with Gasteiger partial charge in [-0.2, -0.15) is 16.9 Å². The SMILES string of the molecule is CSCCC(CO)NC(=O)c1cnn(-c2ccc(Cl)cc2)c1-n1cccc1. The summed E-state index contributed by atoms with van der Waals surface area (Å²) in [4.78, 5) is 12.9. The van der Waals surface area contributed by atoms with E-state index in [9.17, 15) is 9.90 Å². The number of aromatic nitrogens is 3. The smallest absolute Gasteiger partial charge is 0.257 e. The van der Waals surface area contributed by atoms with Crippen molar-refractivity contribution in [3.63, 3.8) is 0 Å². The second-order valence-corrected chi connectivity index (χ2v) is 7.42. The fourth-order valence-corrected chi connectivity index (χ4v) is 3.38. The molecule has 0 saturated carbocycles. The Morgan fingerprint density at radius 1 is 1.30 bits per heavy atom. The van der Waals surface area contributed by atoms with Gasteiger partial charge >= 0.3 is 0 Å². The number of carbonyl (C=O) groups is 1. The fourth-order valence-electron chi connectivity index (χ4n) is 2.73. The van der Waals surface area contributed by atoms with Crippen molar-refractivity contribution in [2.75, 3.05) is 18.6 Å². The molecule has 0 fully saturated rings. The maximum Gasteiger partial charge on any atom is 0.257 e. The van der Waals surface area contributed by atoms with Crippen molar-refractivity contribution >= 4 is 29.3 Å². The normalized spacial score (nSPS) is 12.1. The van der Waals surface area contributed by atoms with E-state index in [4.69, 9.17) is 11.6 Å². The standard InChI is InChI=1S/C19H21ClN4O2S/c1-27-11-8-15(13-25)22-18(26)17-12-21-24(16-6-4-14(20)5-7-16)19(17)23-9-2-3-10-23/h2-7,9-10,12,15,25H,8,11,13H2,1H3,(H,22,26). The molecular weight excluding hydrogens is 384 g/mol. The molecule has 6 nitrogen and oxygen atoms in total. The lowest BCUT2D eigenvalue weighted by Crippen LogP contribution is -2.38. The van der Waals surface area contributed by atoms with Crippen molar-refractivity contribution in [2.24, 2.45) is 0 Å². The lowest BCUT2D eigenvalue weighted by molar-refractivity contribution is 0.0915. The van der Waals surface area contributed by atoms with Crippen molar-refractivity contribution in [1.82, 2.24) is 19.7 Å². The Hall–Kier alpha value is -2.22. The number of aliphatic hydroxyl groups is 1. The summed E-state index contributed by atoms with van der Waals surface area (Å²) in [5, 5.41) is 17.5. The Labute approximate surface area is 167 Å². The lowest BCUT2D eigenvalue weighted by Gasteiger charge is -2.16. The average molecular weight is 405 g/mol. The van der Waals surface area contributed by atoms with Crippen LogP contribution in [0.1, 0.15) is 16.8 Å². The van der Waals surface area contributed by atoms with Gasteiger partial charge in [-0.3, -0.25) is 4.79 Å². The Morgan fingerprint density at radius 2 is 2.00 bits per heavy atom. The van der Waals surface area contributed by atoms with Gasteiger partial charge in [0.05, 0.1) is 24.5 Å². The first-order valence-electron chi connectivity index (χ1n) is 8.52. The number of nitrogens with zero attached hydrogens (tertiary/aromatic N) is 3. The molecule has 1 atom stereocenters. The minimum atomic E-state index is -0.290. The van der Waals surface area contributed by atoms with Gasteiger partial charge in [0.25, 0.3) is 5.91 Å². The second kappa shape index (κ2) is 9.12. The van der Waals surface area contributed by atoms with E-state index in [-0.39, 0.29) is 18.6 Å². The molecule has 8 heteroatoms. The van der Waals surface area contributed by atoms with Crippen molar-refractivity contribution in [3.05, 3.63) is 65.6 Å². The number of thioether (sulfide) groups is 1. The van der Waals surface area contributed by atoms with Crippen LogP contribution in [0.4, 0.5) is 0 Å². The Morgan fingerprint density at radius 3 is 2.63 bits per heavy atom. The van der Waals surface area contributed by atoms with E-state index in [1.54, 1.807) is 34.8 Å². The molecule has 0 aliphatic rings. The highest BCUT2D eigenvalue weighted by Crippen LogP contribution is 2.21. The molecule has 27 heavy (non-hydrogen) atoms. The van der Waals surface area contributed by atoms with Gasteiger partial charge in [0.2, 0.25) is 0 Å². The van der Waals surface area contributed by atoms with E-state index in [1.165, 1.54) is 0 Å². The first kappa shape index (κ1) is 19.5. The van der Waals surface area contributed by atoms with Crippen LogP contribution >= 0.6 is 23.4 Å². The topological polar surface area (TPSA) is 72.1 Å². The van der Waals surface area contributed by atoms with Gasteiger partial charge in [-0.15, -0.1) is 0 Å². The summed E-state index contributed by atoms with van der Waals surface area (Å²) in [6, 6.07) is 10.7. The zero-order chi connectivity index (χ0) is 19.2. The molecule has 1 amide bonds. The number of halogens is 1. The molecule has 2 aromatic heterocycles. The summed E-state index contributed by atoms with van der Waals surface area (Å²) < 4.78 is 3.54.